The highest BCUT2D eigenvalue weighted by Gasteiger charge is 2.11. The van der Waals surface area contributed by atoms with E-state index in [1.165, 1.54) is 11.1 Å². The van der Waals surface area contributed by atoms with Crippen LogP contribution in [0, 0.1) is 13.8 Å². The fraction of sp³-hybridized carbons (Fsp3) is 0.286. The van der Waals surface area contributed by atoms with Crippen LogP contribution in [0.3, 0.4) is 0 Å². The standard InChI is InChI=1S/C14H17NO/c1-10-4-6-13(7-5-10)15-12(3)14-11(2)8-9-16-14/h4-9,12,15H,1-3H3. The maximum Gasteiger partial charge on any atom is 0.128 e. The summed E-state index contributed by atoms with van der Waals surface area (Å²) in [5, 5.41) is 3.42. The summed E-state index contributed by atoms with van der Waals surface area (Å²) in [7, 11) is 0. The third kappa shape index (κ3) is 2.27. The Balaban J connectivity index is 2.10. The van der Waals surface area contributed by atoms with E-state index in [9.17, 15) is 0 Å². The highest BCUT2D eigenvalue weighted by atomic mass is 16.3. The number of nitrogens with one attached hydrogen (secondary N) is 1. The summed E-state index contributed by atoms with van der Waals surface area (Å²) in [5.41, 5.74) is 3.58. The summed E-state index contributed by atoms with van der Waals surface area (Å²) in [6, 6.07) is 10.6. The van der Waals surface area contributed by atoms with Crippen LogP contribution in [-0.4, -0.2) is 0 Å². The summed E-state index contributed by atoms with van der Waals surface area (Å²) < 4.78 is 5.46. The maximum absolute atomic E-state index is 5.46. The van der Waals surface area contributed by atoms with Crippen molar-refractivity contribution >= 4 is 5.69 Å². The second kappa shape index (κ2) is 4.44. The molecule has 0 amide bonds. The molecule has 1 atom stereocenters. The van der Waals surface area contributed by atoms with Gasteiger partial charge in [-0.25, -0.2) is 0 Å². The summed E-state index contributed by atoms with van der Waals surface area (Å²) in [5.74, 6) is 1.00. The molecule has 1 unspecified atom stereocenters. The van der Waals surface area contributed by atoms with Gasteiger partial charge in [-0.15, -0.1) is 0 Å². The lowest BCUT2D eigenvalue weighted by Gasteiger charge is -2.14. The van der Waals surface area contributed by atoms with Crippen molar-refractivity contribution in [3.8, 4) is 0 Å². The Morgan fingerprint density at radius 3 is 2.31 bits per heavy atom. The van der Waals surface area contributed by atoms with E-state index in [0.717, 1.165) is 11.4 Å². The highest BCUT2D eigenvalue weighted by Crippen LogP contribution is 2.22. The van der Waals surface area contributed by atoms with Crippen molar-refractivity contribution < 1.29 is 4.42 Å². The van der Waals surface area contributed by atoms with Crippen molar-refractivity contribution in [2.24, 2.45) is 0 Å². The minimum atomic E-state index is 0.192. The molecule has 1 heterocycles. The van der Waals surface area contributed by atoms with E-state index in [1.807, 2.05) is 6.07 Å². The molecular weight excluding hydrogens is 198 g/mol. The van der Waals surface area contributed by atoms with E-state index in [1.54, 1.807) is 6.26 Å². The molecule has 1 N–H and O–H groups in total. The van der Waals surface area contributed by atoms with Gasteiger partial charge in [0.15, 0.2) is 0 Å². The van der Waals surface area contributed by atoms with Gasteiger partial charge in [0, 0.05) is 5.69 Å². The monoisotopic (exact) mass is 215 g/mol. The van der Waals surface area contributed by atoms with E-state index in [4.69, 9.17) is 4.42 Å². The summed E-state index contributed by atoms with van der Waals surface area (Å²) >= 11 is 0. The lowest BCUT2D eigenvalue weighted by molar-refractivity contribution is 0.487. The van der Waals surface area contributed by atoms with Gasteiger partial charge in [-0.3, -0.25) is 0 Å². The predicted molar refractivity (Wildman–Crippen MR) is 66.7 cm³/mol. The molecule has 84 valence electrons. The minimum absolute atomic E-state index is 0.192. The van der Waals surface area contributed by atoms with Gasteiger partial charge in [0.1, 0.15) is 5.76 Å². The van der Waals surface area contributed by atoms with Crippen LogP contribution in [0.4, 0.5) is 5.69 Å². The van der Waals surface area contributed by atoms with Crippen LogP contribution in [0.25, 0.3) is 0 Å². The Labute approximate surface area is 96.3 Å². The van der Waals surface area contributed by atoms with Gasteiger partial charge in [-0.2, -0.15) is 0 Å². The zero-order valence-electron chi connectivity index (χ0n) is 9.95. The number of rotatable bonds is 3. The van der Waals surface area contributed by atoms with Crippen molar-refractivity contribution in [3.63, 3.8) is 0 Å². The first-order valence-electron chi connectivity index (χ1n) is 5.54. The number of hydrogen-bond donors (Lipinski definition) is 1. The molecule has 0 saturated carbocycles. The van der Waals surface area contributed by atoms with E-state index in [0.29, 0.717) is 0 Å². The van der Waals surface area contributed by atoms with E-state index in [2.05, 4.69) is 50.4 Å². The van der Waals surface area contributed by atoms with Crippen LogP contribution >= 0.6 is 0 Å². The average molecular weight is 215 g/mol. The summed E-state index contributed by atoms with van der Waals surface area (Å²) in [6.45, 7) is 6.25. The summed E-state index contributed by atoms with van der Waals surface area (Å²) in [6.07, 6.45) is 1.73. The molecule has 0 aliphatic rings. The molecule has 2 aromatic rings. The Morgan fingerprint density at radius 1 is 1.06 bits per heavy atom. The normalized spacial score (nSPS) is 12.4. The zero-order valence-corrected chi connectivity index (χ0v) is 9.95. The topological polar surface area (TPSA) is 25.2 Å². The fourth-order valence-corrected chi connectivity index (χ4v) is 1.79. The van der Waals surface area contributed by atoms with Crippen LogP contribution in [0.2, 0.25) is 0 Å². The van der Waals surface area contributed by atoms with Crippen molar-refractivity contribution in [2.75, 3.05) is 5.32 Å². The second-order valence-electron chi connectivity index (χ2n) is 4.20. The van der Waals surface area contributed by atoms with Crippen molar-refractivity contribution in [1.82, 2.24) is 0 Å². The predicted octanol–water partition coefficient (Wildman–Crippen LogP) is 4.07. The fourth-order valence-electron chi connectivity index (χ4n) is 1.79. The number of hydrogen-bond acceptors (Lipinski definition) is 2. The third-order valence-corrected chi connectivity index (χ3v) is 2.73. The molecule has 0 saturated heterocycles. The highest BCUT2D eigenvalue weighted by molar-refractivity contribution is 5.46. The van der Waals surface area contributed by atoms with E-state index >= 15 is 0 Å². The Hall–Kier alpha value is -1.70. The average Bonchev–Trinajstić information content (AvgIpc) is 2.68. The molecule has 1 aromatic carbocycles. The van der Waals surface area contributed by atoms with Gasteiger partial charge in [0.2, 0.25) is 0 Å². The molecule has 2 heteroatoms. The minimum Gasteiger partial charge on any atom is -0.467 e. The van der Waals surface area contributed by atoms with Gasteiger partial charge in [0.25, 0.3) is 0 Å². The lowest BCUT2D eigenvalue weighted by Crippen LogP contribution is -2.06. The molecule has 0 fully saturated rings. The van der Waals surface area contributed by atoms with Crippen molar-refractivity contribution in [2.45, 2.75) is 26.8 Å². The molecule has 0 bridgehead atoms. The SMILES string of the molecule is Cc1ccc(NC(C)c2occc2C)cc1. The second-order valence-corrected chi connectivity index (χ2v) is 4.20. The molecule has 0 aliphatic heterocycles. The summed E-state index contributed by atoms with van der Waals surface area (Å²) in [4.78, 5) is 0. The van der Waals surface area contributed by atoms with Crippen LogP contribution in [0.1, 0.15) is 29.9 Å². The van der Waals surface area contributed by atoms with Crippen LogP contribution in [-0.2, 0) is 0 Å². The Morgan fingerprint density at radius 2 is 1.75 bits per heavy atom. The van der Waals surface area contributed by atoms with E-state index < -0.39 is 0 Å². The van der Waals surface area contributed by atoms with Crippen LogP contribution in [0.15, 0.2) is 41.0 Å². The molecule has 0 spiro atoms. The van der Waals surface area contributed by atoms with Gasteiger partial charge in [-0.1, -0.05) is 17.7 Å². The van der Waals surface area contributed by atoms with Gasteiger partial charge < -0.3 is 9.73 Å². The first-order valence-corrected chi connectivity index (χ1v) is 5.54. The van der Waals surface area contributed by atoms with Crippen molar-refractivity contribution in [1.29, 1.82) is 0 Å². The maximum atomic E-state index is 5.46. The molecule has 1 aromatic heterocycles. The Bertz CT molecular complexity index is 456. The first-order chi connectivity index (χ1) is 7.66. The van der Waals surface area contributed by atoms with Crippen molar-refractivity contribution in [3.05, 3.63) is 53.5 Å². The first kappa shape index (κ1) is 10.8. The number of furan rings is 1. The molecule has 2 rings (SSSR count). The number of benzene rings is 1. The molecule has 2 nitrogen and oxygen atoms in total. The molecular formula is C14H17NO. The molecule has 0 radical (unpaired) electrons. The number of aryl methyl sites for hydroxylation is 2. The zero-order chi connectivity index (χ0) is 11.5. The van der Waals surface area contributed by atoms with Gasteiger partial charge >= 0.3 is 0 Å². The van der Waals surface area contributed by atoms with Gasteiger partial charge in [-0.05, 0) is 44.5 Å². The molecule has 16 heavy (non-hydrogen) atoms. The van der Waals surface area contributed by atoms with Gasteiger partial charge in [0.05, 0.1) is 12.3 Å². The smallest absolute Gasteiger partial charge is 0.128 e. The number of anilines is 1. The third-order valence-electron chi connectivity index (χ3n) is 2.73. The van der Waals surface area contributed by atoms with E-state index in [-0.39, 0.29) is 6.04 Å². The lowest BCUT2D eigenvalue weighted by atomic mass is 10.1. The Kier molecular flexibility index (Phi) is 3.00. The van der Waals surface area contributed by atoms with Crippen LogP contribution in [0.5, 0.6) is 0 Å². The largest absolute Gasteiger partial charge is 0.467 e. The quantitative estimate of drug-likeness (QED) is 0.834. The van der Waals surface area contributed by atoms with Crippen LogP contribution < -0.4 is 5.32 Å². The molecule has 0 aliphatic carbocycles.